The van der Waals surface area contributed by atoms with Crippen molar-refractivity contribution in [2.75, 3.05) is 0 Å². The fraction of sp³-hybridized carbons (Fsp3) is 0.244. The van der Waals surface area contributed by atoms with E-state index in [1.807, 2.05) is 30.3 Å². The van der Waals surface area contributed by atoms with Crippen molar-refractivity contribution in [3.63, 3.8) is 0 Å². The zero-order valence-corrected chi connectivity index (χ0v) is 28.1. The van der Waals surface area contributed by atoms with Crippen molar-refractivity contribution in [3.05, 3.63) is 126 Å². The van der Waals surface area contributed by atoms with E-state index in [9.17, 15) is 5.26 Å². The van der Waals surface area contributed by atoms with Gasteiger partial charge in [-0.05, 0) is 122 Å². The molecular weight excluding hydrogens is 613 g/mol. The minimum atomic E-state index is 0.397. The highest BCUT2D eigenvalue weighted by molar-refractivity contribution is 6.06. The number of nitriles is 1. The lowest BCUT2D eigenvalue weighted by Gasteiger charge is -2.57. The van der Waals surface area contributed by atoms with Gasteiger partial charge in [0.05, 0.1) is 11.6 Å². The molecule has 0 spiro atoms. The Balaban J connectivity index is 1.03. The van der Waals surface area contributed by atoms with E-state index >= 15 is 0 Å². The van der Waals surface area contributed by atoms with Gasteiger partial charge in [-0.25, -0.2) is 15.0 Å². The topological polar surface area (TPSA) is 75.6 Å². The third kappa shape index (κ3) is 4.93. The van der Waals surface area contributed by atoms with E-state index in [1.54, 1.807) is 11.6 Å². The molecule has 4 aliphatic rings. The lowest BCUT2D eigenvalue weighted by atomic mass is 9.48. The van der Waals surface area contributed by atoms with Crippen molar-refractivity contribution < 1.29 is 4.42 Å². The summed E-state index contributed by atoms with van der Waals surface area (Å²) >= 11 is 0. The number of aromatic nitrogens is 3. The van der Waals surface area contributed by atoms with Crippen LogP contribution in [0.3, 0.4) is 0 Å². The molecule has 5 nitrogen and oxygen atoms in total. The fourth-order valence-corrected chi connectivity index (χ4v) is 9.77. The first-order valence-electron chi connectivity index (χ1n) is 17.9. The highest BCUT2D eigenvalue weighted by Crippen LogP contribution is 2.60. The summed E-state index contributed by atoms with van der Waals surface area (Å²) in [5, 5.41) is 11.4. The SMILES string of the molecule is Cc1ccc(-c2nc(-c3cccc(-c4ccc(C56CC7CC(CC(C7)C5)C6)cc4)c3)nc(-c3ccc4c(c3)oc3cc(C#N)ccc34)n2)cc1. The molecule has 0 aliphatic heterocycles. The molecule has 0 atom stereocenters. The van der Waals surface area contributed by atoms with Crippen LogP contribution >= 0.6 is 0 Å². The second-order valence-electron chi connectivity index (χ2n) is 15.2. The van der Waals surface area contributed by atoms with E-state index in [2.05, 4.69) is 85.8 Å². The standard InChI is InChI=1S/C45H36N4O/c1-27-5-8-33(9-6-27)42-47-43(49-44(48-42)36-12-16-39-38-15-7-28(26-46)20-40(38)50-41(39)22-36)35-4-2-3-34(21-35)32-10-13-37(14-11-32)45-23-29-17-30(24-45)19-31(18-29)25-45/h2-16,20-22,29-31H,17-19,23-25H2,1H3. The first-order chi connectivity index (χ1) is 24.5. The molecule has 0 unspecified atom stereocenters. The summed E-state index contributed by atoms with van der Waals surface area (Å²) in [6, 6.07) is 40.2. The molecule has 242 valence electrons. The fourth-order valence-electron chi connectivity index (χ4n) is 9.77. The summed E-state index contributed by atoms with van der Waals surface area (Å²) in [5.41, 5.74) is 10.2. The Labute approximate surface area is 291 Å². The number of hydrogen-bond acceptors (Lipinski definition) is 5. The van der Waals surface area contributed by atoms with Gasteiger partial charge in [-0.1, -0.05) is 78.4 Å². The Morgan fingerprint density at radius 3 is 1.78 bits per heavy atom. The second-order valence-corrected chi connectivity index (χ2v) is 15.2. The molecule has 2 heterocycles. The number of benzene rings is 5. The largest absolute Gasteiger partial charge is 0.456 e. The van der Waals surface area contributed by atoms with Gasteiger partial charge in [0.25, 0.3) is 0 Å². The van der Waals surface area contributed by atoms with E-state index in [4.69, 9.17) is 19.4 Å². The quantitative estimate of drug-likeness (QED) is 0.186. The van der Waals surface area contributed by atoms with Crippen LogP contribution in [0.4, 0.5) is 0 Å². The van der Waals surface area contributed by atoms with Crippen molar-refractivity contribution in [1.29, 1.82) is 5.26 Å². The number of aryl methyl sites for hydroxylation is 1. The molecule has 4 bridgehead atoms. The highest BCUT2D eigenvalue weighted by atomic mass is 16.3. The van der Waals surface area contributed by atoms with Gasteiger partial charge in [-0.15, -0.1) is 0 Å². The first-order valence-corrected chi connectivity index (χ1v) is 17.9. The zero-order valence-electron chi connectivity index (χ0n) is 28.1. The van der Waals surface area contributed by atoms with Gasteiger partial charge in [0, 0.05) is 27.5 Å². The molecular formula is C45H36N4O. The van der Waals surface area contributed by atoms with Crippen LogP contribution in [0.15, 0.2) is 114 Å². The van der Waals surface area contributed by atoms with Crippen LogP contribution in [-0.4, -0.2) is 15.0 Å². The number of nitrogens with zero attached hydrogens (tertiary/aromatic N) is 4. The number of hydrogen-bond donors (Lipinski definition) is 0. The smallest absolute Gasteiger partial charge is 0.164 e. The van der Waals surface area contributed by atoms with Gasteiger partial charge in [0.2, 0.25) is 0 Å². The molecule has 0 amide bonds. The summed E-state index contributed by atoms with van der Waals surface area (Å²) < 4.78 is 6.22. The molecule has 4 saturated carbocycles. The molecule has 2 aromatic heterocycles. The van der Waals surface area contributed by atoms with E-state index in [0.717, 1.165) is 56.4 Å². The molecule has 7 aromatic rings. The molecule has 5 heteroatoms. The first kappa shape index (κ1) is 29.3. The average molecular weight is 649 g/mol. The maximum absolute atomic E-state index is 9.39. The predicted octanol–water partition coefficient (Wildman–Crippen LogP) is 11.1. The molecule has 0 N–H and O–H groups in total. The molecule has 0 saturated heterocycles. The highest BCUT2D eigenvalue weighted by Gasteiger charge is 2.51. The van der Waals surface area contributed by atoms with Crippen molar-refractivity contribution in [3.8, 4) is 51.4 Å². The van der Waals surface area contributed by atoms with Gasteiger partial charge in [-0.3, -0.25) is 0 Å². The zero-order chi connectivity index (χ0) is 33.4. The number of fused-ring (bicyclic) bond motifs is 3. The number of furan rings is 1. The summed E-state index contributed by atoms with van der Waals surface area (Å²) in [4.78, 5) is 15.1. The lowest BCUT2D eigenvalue weighted by molar-refractivity contribution is -0.00518. The van der Waals surface area contributed by atoms with Crippen LogP contribution in [0.2, 0.25) is 0 Å². The lowest BCUT2D eigenvalue weighted by Crippen LogP contribution is -2.48. The Morgan fingerprint density at radius 2 is 1.12 bits per heavy atom. The van der Waals surface area contributed by atoms with Crippen LogP contribution in [0, 0.1) is 36.0 Å². The van der Waals surface area contributed by atoms with E-state index in [1.165, 1.54) is 49.7 Å². The molecule has 50 heavy (non-hydrogen) atoms. The Kier molecular flexibility index (Phi) is 6.58. The van der Waals surface area contributed by atoms with Crippen LogP contribution in [-0.2, 0) is 5.41 Å². The van der Waals surface area contributed by atoms with Crippen molar-refractivity contribution in [1.82, 2.24) is 15.0 Å². The monoisotopic (exact) mass is 648 g/mol. The summed E-state index contributed by atoms with van der Waals surface area (Å²) in [7, 11) is 0. The molecule has 4 aliphatic carbocycles. The maximum atomic E-state index is 9.39. The van der Waals surface area contributed by atoms with E-state index in [-0.39, 0.29) is 0 Å². The predicted molar refractivity (Wildman–Crippen MR) is 198 cm³/mol. The Hall–Kier alpha value is -5.60. The van der Waals surface area contributed by atoms with E-state index < -0.39 is 0 Å². The van der Waals surface area contributed by atoms with Gasteiger partial charge in [0.1, 0.15) is 11.2 Å². The minimum Gasteiger partial charge on any atom is -0.456 e. The third-order valence-electron chi connectivity index (χ3n) is 11.8. The summed E-state index contributed by atoms with van der Waals surface area (Å²) in [6.45, 7) is 2.08. The molecule has 11 rings (SSSR count). The Bertz CT molecular complexity index is 2450. The third-order valence-corrected chi connectivity index (χ3v) is 11.8. The average Bonchev–Trinajstić information content (AvgIpc) is 3.51. The molecule has 0 radical (unpaired) electrons. The Morgan fingerprint density at radius 1 is 0.580 bits per heavy atom. The van der Waals surface area contributed by atoms with Gasteiger partial charge in [-0.2, -0.15) is 5.26 Å². The number of rotatable bonds is 5. The van der Waals surface area contributed by atoms with Gasteiger partial charge in [0.15, 0.2) is 17.5 Å². The van der Waals surface area contributed by atoms with Gasteiger partial charge >= 0.3 is 0 Å². The van der Waals surface area contributed by atoms with Gasteiger partial charge < -0.3 is 4.42 Å². The second kappa shape index (κ2) is 11.2. The van der Waals surface area contributed by atoms with E-state index in [0.29, 0.717) is 34.0 Å². The van der Waals surface area contributed by atoms with Crippen molar-refractivity contribution in [2.45, 2.75) is 50.9 Å². The molecule has 4 fully saturated rings. The van der Waals surface area contributed by atoms with Crippen LogP contribution < -0.4 is 0 Å². The normalized spacial score (nSPS) is 22.3. The summed E-state index contributed by atoms with van der Waals surface area (Å²) in [6.07, 6.45) is 8.53. The minimum absolute atomic E-state index is 0.397. The van der Waals surface area contributed by atoms with Crippen LogP contribution in [0.25, 0.3) is 67.2 Å². The van der Waals surface area contributed by atoms with Crippen LogP contribution in [0.5, 0.6) is 0 Å². The maximum Gasteiger partial charge on any atom is 0.164 e. The van der Waals surface area contributed by atoms with Crippen molar-refractivity contribution >= 4 is 21.9 Å². The van der Waals surface area contributed by atoms with Crippen molar-refractivity contribution in [2.24, 2.45) is 17.8 Å². The summed E-state index contributed by atoms with van der Waals surface area (Å²) in [5.74, 6) is 4.64. The van der Waals surface area contributed by atoms with Crippen LogP contribution in [0.1, 0.15) is 55.2 Å². The molecule has 5 aromatic carbocycles.